The minimum atomic E-state index is 0.692. The smallest absolute Gasteiger partial charge is 0.0368 e. The zero-order chi connectivity index (χ0) is 12.4. The molecule has 0 aromatic heterocycles. The highest BCUT2D eigenvalue weighted by atomic mass is 15.2. The molecule has 1 saturated heterocycles. The molecule has 3 heteroatoms. The van der Waals surface area contributed by atoms with Crippen molar-refractivity contribution in [2.45, 2.75) is 25.8 Å². The minimum Gasteiger partial charge on any atom is -0.399 e. The summed E-state index contributed by atoms with van der Waals surface area (Å²) in [4.78, 5) is 4.79. The van der Waals surface area contributed by atoms with Gasteiger partial charge in [0.1, 0.15) is 0 Å². The molecule has 17 heavy (non-hydrogen) atoms. The molecule has 1 atom stereocenters. The molecule has 1 aliphatic heterocycles. The van der Waals surface area contributed by atoms with Gasteiger partial charge >= 0.3 is 0 Å². The van der Waals surface area contributed by atoms with Gasteiger partial charge in [0.15, 0.2) is 0 Å². The lowest BCUT2D eigenvalue weighted by molar-refractivity contribution is 0.314. The Morgan fingerprint density at radius 3 is 2.82 bits per heavy atom. The quantitative estimate of drug-likeness (QED) is 0.812. The van der Waals surface area contributed by atoms with Gasteiger partial charge in [-0.3, -0.25) is 0 Å². The van der Waals surface area contributed by atoms with Gasteiger partial charge in [0.05, 0.1) is 0 Å². The molecule has 1 unspecified atom stereocenters. The van der Waals surface area contributed by atoms with Crippen LogP contribution in [-0.2, 0) is 0 Å². The second kappa shape index (κ2) is 4.96. The Kier molecular flexibility index (Phi) is 3.57. The Morgan fingerprint density at radius 2 is 2.24 bits per heavy atom. The van der Waals surface area contributed by atoms with Crippen molar-refractivity contribution in [3.05, 3.63) is 23.8 Å². The van der Waals surface area contributed by atoms with E-state index in [4.69, 9.17) is 5.73 Å². The average Bonchev–Trinajstić information content (AvgIpc) is 2.68. The molecule has 0 spiro atoms. The molecule has 3 nitrogen and oxygen atoms in total. The Morgan fingerprint density at radius 1 is 1.47 bits per heavy atom. The number of nitrogens with two attached hydrogens (primary N) is 1. The lowest BCUT2D eigenvalue weighted by Gasteiger charge is -2.27. The van der Waals surface area contributed by atoms with Gasteiger partial charge in [0.2, 0.25) is 0 Å². The van der Waals surface area contributed by atoms with E-state index < -0.39 is 0 Å². The molecule has 1 fully saturated rings. The van der Waals surface area contributed by atoms with Gasteiger partial charge in [-0.25, -0.2) is 0 Å². The molecule has 0 saturated carbocycles. The van der Waals surface area contributed by atoms with Gasteiger partial charge in [-0.05, 0) is 57.1 Å². The Hall–Kier alpha value is -1.22. The number of benzene rings is 1. The predicted molar refractivity (Wildman–Crippen MR) is 74.5 cm³/mol. The third-order valence-electron chi connectivity index (χ3n) is 3.85. The van der Waals surface area contributed by atoms with E-state index >= 15 is 0 Å². The van der Waals surface area contributed by atoms with Gasteiger partial charge in [-0.15, -0.1) is 0 Å². The zero-order valence-electron chi connectivity index (χ0n) is 11.1. The first-order chi connectivity index (χ1) is 8.08. The van der Waals surface area contributed by atoms with Crippen LogP contribution >= 0.6 is 0 Å². The summed E-state index contributed by atoms with van der Waals surface area (Å²) in [6.07, 6.45) is 2.64. The minimum absolute atomic E-state index is 0.692. The summed E-state index contributed by atoms with van der Waals surface area (Å²) in [7, 11) is 4.39. The van der Waals surface area contributed by atoms with E-state index in [0.717, 1.165) is 17.8 Å². The Balaban J connectivity index is 2.03. The molecular weight excluding hydrogens is 210 g/mol. The molecule has 2 rings (SSSR count). The number of hydrogen-bond donors (Lipinski definition) is 1. The topological polar surface area (TPSA) is 32.5 Å². The van der Waals surface area contributed by atoms with Crippen LogP contribution in [0.3, 0.4) is 0 Å². The number of hydrogen-bond acceptors (Lipinski definition) is 3. The van der Waals surface area contributed by atoms with Gasteiger partial charge in [0.25, 0.3) is 0 Å². The first-order valence-corrected chi connectivity index (χ1v) is 6.35. The van der Waals surface area contributed by atoms with Crippen molar-refractivity contribution in [2.24, 2.45) is 0 Å². The Bertz CT molecular complexity index is 389. The monoisotopic (exact) mass is 233 g/mol. The van der Waals surface area contributed by atoms with Crippen molar-refractivity contribution in [2.75, 3.05) is 37.8 Å². The summed E-state index contributed by atoms with van der Waals surface area (Å²) in [5.41, 5.74) is 9.15. The fourth-order valence-corrected chi connectivity index (χ4v) is 2.53. The van der Waals surface area contributed by atoms with E-state index in [1.54, 1.807) is 0 Å². The molecule has 94 valence electrons. The second-order valence-corrected chi connectivity index (χ2v) is 5.20. The summed E-state index contributed by atoms with van der Waals surface area (Å²) in [6.45, 7) is 4.40. The standard InChI is InChI=1S/C14H23N3/c1-11-9-12(6-7-14(11)15)17(3)10-13-5-4-8-16(13)2/h6-7,9,13H,4-5,8,10,15H2,1-3H3. The predicted octanol–water partition coefficient (Wildman–Crippen LogP) is 2.11. The third-order valence-corrected chi connectivity index (χ3v) is 3.85. The molecule has 0 bridgehead atoms. The summed E-state index contributed by atoms with van der Waals surface area (Å²) in [5, 5.41) is 0. The third kappa shape index (κ3) is 2.72. The number of aryl methyl sites for hydroxylation is 1. The first-order valence-electron chi connectivity index (χ1n) is 6.35. The number of anilines is 2. The average molecular weight is 233 g/mol. The fourth-order valence-electron chi connectivity index (χ4n) is 2.53. The first kappa shape index (κ1) is 12.2. The summed E-state index contributed by atoms with van der Waals surface area (Å²) in [5.74, 6) is 0. The van der Waals surface area contributed by atoms with Gasteiger partial charge in [-0.1, -0.05) is 0 Å². The molecule has 0 radical (unpaired) electrons. The van der Waals surface area contributed by atoms with Crippen molar-refractivity contribution < 1.29 is 0 Å². The van der Waals surface area contributed by atoms with Crippen LogP contribution in [0.1, 0.15) is 18.4 Å². The SMILES string of the molecule is Cc1cc(N(C)CC2CCCN2C)ccc1N. The number of nitrogen functional groups attached to an aromatic ring is 1. The lowest BCUT2D eigenvalue weighted by Crippen LogP contribution is -2.36. The van der Waals surface area contributed by atoms with E-state index in [2.05, 4.69) is 43.0 Å². The van der Waals surface area contributed by atoms with Crippen LogP contribution < -0.4 is 10.6 Å². The Labute approximate surface area is 104 Å². The summed E-state index contributed by atoms with van der Waals surface area (Å²) >= 11 is 0. The van der Waals surface area contributed by atoms with Gasteiger partial charge < -0.3 is 15.5 Å². The lowest BCUT2D eigenvalue weighted by atomic mass is 10.1. The highest BCUT2D eigenvalue weighted by molar-refractivity contribution is 5.57. The van der Waals surface area contributed by atoms with E-state index in [0.29, 0.717) is 6.04 Å². The number of likely N-dealkylation sites (tertiary alicyclic amines) is 1. The van der Waals surface area contributed by atoms with Crippen molar-refractivity contribution >= 4 is 11.4 Å². The molecular formula is C14H23N3. The molecule has 1 aromatic carbocycles. The van der Waals surface area contributed by atoms with Crippen LogP contribution in [0.25, 0.3) is 0 Å². The largest absolute Gasteiger partial charge is 0.399 e. The van der Waals surface area contributed by atoms with Gasteiger partial charge in [0, 0.05) is 31.0 Å². The van der Waals surface area contributed by atoms with E-state index in [-0.39, 0.29) is 0 Å². The fraction of sp³-hybridized carbons (Fsp3) is 0.571. The maximum absolute atomic E-state index is 5.85. The molecule has 1 aliphatic rings. The zero-order valence-corrected chi connectivity index (χ0v) is 11.1. The highest BCUT2D eigenvalue weighted by Gasteiger charge is 2.22. The summed E-state index contributed by atoms with van der Waals surface area (Å²) < 4.78 is 0. The van der Waals surface area contributed by atoms with Crippen molar-refractivity contribution in [3.8, 4) is 0 Å². The number of nitrogens with zero attached hydrogens (tertiary/aromatic N) is 2. The molecule has 1 heterocycles. The maximum Gasteiger partial charge on any atom is 0.0368 e. The van der Waals surface area contributed by atoms with Crippen LogP contribution in [0.2, 0.25) is 0 Å². The molecule has 2 N–H and O–H groups in total. The van der Waals surface area contributed by atoms with E-state index in [9.17, 15) is 0 Å². The normalized spacial score (nSPS) is 20.8. The highest BCUT2D eigenvalue weighted by Crippen LogP contribution is 2.22. The van der Waals surface area contributed by atoms with Crippen molar-refractivity contribution in [1.82, 2.24) is 4.90 Å². The van der Waals surface area contributed by atoms with Crippen LogP contribution in [-0.4, -0.2) is 38.1 Å². The van der Waals surface area contributed by atoms with Crippen LogP contribution in [0.15, 0.2) is 18.2 Å². The maximum atomic E-state index is 5.85. The second-order valence-electron chi connectivity index (χ2n) is 5.20. The number of likely N-dealkylation sites (N-methyl/N-ethyl adjacent to an activating group) is 2. The van der Waals surface area contributed by atoms with E-state index in [1.165, 1.54) is 25.1 Å². The summed E-state index contributed by atoms with van der Waals surface area (Å²) in [6, 6.07) is 6.97. The van der Waals surface area contributed by atoms with Crippen molar-refractivity contribution in [3.63, 3.8) is 0 Å². The van der Waals surface area contributed by atoms with Crippen LogP contribution in [0, 0.1) is 6.92 Å². The van der Waals surface area contributed by atoms with Crippen LogP contribution in [0.4, 0.5) is 11.4 Å². The van der Waals surface area contributed by atoms with Crippen LogP contribution in [0.5, 0.6) is 0 Å². The molecule has 0 amide bonds. The molecule has 0 aliphatic carbocycles. The molecule has 1 aromatic rings. The van der Waals surface area contributed by atoms with Crippen molar-refractivity contribution in [1.29, 1.82) is 0 Å². The van der Waals surface area contributed by atoms with Gasteiger partial charge in [-0.2, -0.15) is 0 Å². The van der Waals surface area contributed by atoms with E-state index in [1.807, 2.05) is 6.07 Å². The number of rotatable bonds is 3.